The van der Waals surface area contributed by atoms with E-state index in [1.165, 1.54) is 0 Å². The van der Waals surface area contributed by atoms with E-state index in [9.17, 15) is 9.59 Å². The second kappa shape index (κ2) is 5.01. The van der Waals surface area contributed by atoms with Gasteiger partial charge < -0.3 is 10.1 Å². The molecule has 1 unspecified atom stereocenters. The van der Waals surface area contributed by atoms with Gasteiger partial charge in [0.1, 0.15) is 0 Å². The molecule has 4 nitrogen and oxygen atoms in total. The highest BCUT2D eigenvalue weighted by Gasteiger charge is 2.09. The van der Waals surface area contributed by atoms with Gasteiger partial charge in [0.05, 0.1) is 5.56 Å². The van der Waals surface area contributed by atoms with Crippen LogP contribution in [0.2, 0.25) is 0 Å². The number of ether oxygens (including phenoxy) is 1. The molecule has 0 fully saturated rings. The van der Waals surface area contributed by atoms with Crippen LogP contribution in [0.5, 0.6) is 0 Å². The SMILES string of the molecule is CC(NC=O)OC(=O)c1ccccc1. The van der Waals surface area contributed by atoms with Crippen LogP contribution in [0.3, 0.4) is 0 Å². The molecule has 1 aromatic carbocycles. The fourth-order valence-corrected chi connectivity index (χ4v) is 0.933. The van der Waals surface area contributed by atoms with Gasteiger partial charge in [0.15, 0.2) is 6.23 Å². The molecule has 0 saturated heterocycles. The second-order valence-corrected chi connectivity index (χ2v) is 2.70. The molecule has 0 radical (unpaired) electrons. The minimum atomic E-state index is -0.611. The summed E-state index contributed by atoms with van der Waals surface area (Å²) in [5.74, 6) is -0.451. The second-order valence-electron chi connectivity index (χ2n) is 2.70. The van der Waals surface area contributed by atoms with Gasteiger partial charge >= 0.3 is 5.97 Å². The maximum Gasteiger partial charge on any atom is 0.340 e. The standard InChI is InChI=1S/C10H11NO3/c1-8(11-7-12)14-10(13)9-5-3-2-4-6-9/h2-8H,1H3,(H,11,12). The molecule has 0 aliphatic rings. The van der Waals surface area contributed by atoms with Crippen molar-refractivity contribution < 1.29 is 14.3 Å². The fourth-order valence-electron chi connectivity index (χ4n) is 0.933. The summed E-state index contributed by atoms with van der Waals surface area (Å²) in [4.78, 5) is 21.4. The maximum atomic E-state index is 11.4. The quantitative estimate of drug-likeness (QED) is 0.439. The Balaban J connectivity index is 2.55. The lowest BCUT2D eigenvalue weighted by molar-refractivity contribution is -0.112. The van der Waals surface area contributed by atoms with Gasteiger partial charge in [-0.25, -0.2) is 4.79 Å². The van der Waals surface area contributed by atoms with Crippen molar-refractivity contribution in [2.24, 2.45) is 0 Å². The van der Waals surface area contributed by atoms with Crippen LogP contribution in [0.4, 0.5) is 0 Å². The Labute approximate surface area is 81.9 Å². The molecular weight excluding hydrogens is 182 g/mol. The maximum absolute atomic E-state index is 11.4. The van der Waals surface area contributed by atoms with E-state index in [1.807, 2.05) is 6.07 Å². The first-order valence-corrected chi connectivity index (χ1v) is 4.20. The van der Waals surface area contributed by atoms with Crippen LogP contribution in [-0.2, 0) is 9.53 Å². The average Bonchev–Trinajstić information content (AvgIpc) is 2.19. The highest BCUT2D eigenvalue weighted by atomic mass is 16.6. The summed E-state index contributed by atoms with van der Waals surface area (Å²) in [6.07, 6.45) is -0.122. The minimum Gasteiger partial charge on any atom is -0.438 e. The Morgan fingerprint density at radius 2 is 2.07 bits per heavy atom. The first-order valence-electron chi connectivity index (χ1n) is 4.20. The van der Waals surface area contributed by atoms with Gasteiger partial charge in [-0.05, 0) is 19.1 Å². The molecule has 0 aliphatic carbocycles. The third kappa shape index (κ3) is 2.90. The molecule has 74 valence electrons. The molecule has 1 atom stereocenters. The van der Waals surface area contributed by atoms with Gasteiger partial charge in [-0.15, -0.1) is 0 Å². The van der Waals surface area contributed by atoms with Gasteiger partial charge in [-0.3, -0.25) is 4.79 Å². The molecule has 0 aliphatic heterocycles. The van der Waals surface area contributed by atoms with Crippen LogP contribution in [0.25, 0.3) is 0 Å². The Kier molecular flexibility index (Phi) is 3.67. The summed E-state index contributed by atoms with van der Waals surface area (Å²) in [5.41, 5.74) is 0.465. The average molecular weight is 193 g/mol. The molecule has 0 saturated carbocycles. The van der Waals surface area contributed by atoms with Crippen LogP contribution in [0, 0.1) is 0 Å². The van der Waals surface area contributed by atoms with Crippen molar-refractivity contribution in [1.82, 2.24) is 5.32 Å². The topological polar surface area (TPSA) is 55.4 Å². The molecule has 14 heavy (non-hydrogen) atoms. The van der Waals surface area contributed by atoms with Gasteiger partial charge in [0.2, 0.25) is 6.41 Å². The van der Waals surface area contributed by atoms with E-state index in [1.54, 1.807) is 31.2 Å². The molecule has 0 heterocycles. The number of amides is 1. The zero-order valence-electron chi connectivity index (χ0n) is 7.77. The van der Waals surface area contributed by atoms with Crippen LogP contribution in [0.15, 0.2) is 30.3 Å². The number of carbonyl (C=O) groups excluding carboxylic acids is 2. The first kappa shape index (κ1) is 10.2. The lowest BCUT2D eigenvalue weighted by atomic mass is 10.2. The lowest BCUT2D eigenvalue weighted by Crippen LogP contribution is -2.29. The van der Waals surface area contributed by atoms with E-state index in [0.29, 0.717) is 12.0 Å². The predicted molar refractivity (Wildman–Crippen MR) is 50.5 cm³/mol. The highest BCUT2D eigenvalue weighted by Crippen LogP contribution is 2.02. The molecule has 0 spiro atoms. The van der Waals surface area contributed by atoms with Crippen molar-refractivity contribution in [3.63, 3.8) is 0 Å². The normalized spacial score (nSPS) is 11.5. The third-order valence-electron chi connectivity index (χ3n) is 1.60. The van der Waals surface area contributed by atoms with Gasteiger partial charge in [0.25, 0.3) is 0 Å². The summed E-state index contributed by atoms with van der Waals surface area (Å²) in [6, 6.07) is 8.60. The Hall–Kier alpha value is -1.84. The van der Waals surface area contributed by atoms with Crippen LogP contribution in [-0.4, -0.2) is 18.6 Å². The largest absolute Gasteiger partial charge is 0.438 e. The molecule has 1 N–H and O–H groups in total. The number of hydrogen-bond acceptors (Lipinski definition) is 3. The minimum absolute atomic E-state index is 0.451. The van der Waals surface area contributed by atoms with Crippen LogP contribution < -0.4 is 5.32 Å². The molecule has 0 bridgehead atoms. The monoisotopic (exact) mass is 193 g/mol. The Bertz CT molecular complexity index is 310. The van der Waals surface area contributed by atoms with E-state index < -0.39 is 12.2 Å². The van der Waals surface area contributed by atoms with E-state index >= 15 is 0 Å². The van der Waals surface area contributed by atoms with Gasteiger partial charge in [-0.2, -0.15) is 0 Å². The lowest BCUT2D eigenvalue weighted by Gasteiger charge is -2.11. The number of rotatable bonds is 4. The predicted octanol–water partition coefficient (Wildman–Crippen LogP) is 0.935. The van der Waals surface area contributed by atoms with E-state index in [-0.39, 0.29) is 0 Å². The number of hydrogen-bond donors (Lipinski definition) is 1. The summed E-state index contributed by atoms with van der Waals surface area (Å²) in [5, 5.41) is 2.32. The van der Waals surface area contributed by atoms with Crippen molar-refractivity contribution in [3.05, 3.63) is 35.9 Å². The zero-order valence-corrected chi connectivity index (χ0v) is 7.77. The van der Waals surface area contributed by atoms with Crippen LogP contribution >= 0.6 is 0 Å². The van der Waals surface area contributed by atoms with Gasteiger partial charge in [0, 0.05) is 0 Å². The number of carbonyl (C=O) groups is 2. The van der Waals surface area contributed by atoms with E-state index in [4.69, 9.17) is 4.74 Å². The number of nitrogens with one attached hydrogen (secondary N) is 1. The van der Waals surface area contributed by atoms with Crippen molar-refractivity contribution in [3.8, 4) is 0 Å². The Morgan fingerprint density at radius 3 is 2.64 bits per heavy atom. The molecule has 0 aromatic heterocycles. The molecule has 1 amide bonds. The number of benzene rings is 1. The van der Waals surface area contributed by atoms with E-state index in [2.05, 4.69) is 5.32 Å². The van der Waals surface area contributed by atoms with Gasteiger partial charge in [-0.1, -0.05) is 18.2 Å². The van der Waals surface area contributed by atoms with Crippen molar-refractivity contribution in [2.75, 3.05) is 0 Å². The molecular formula is C10H11NO3. The van der Waals surface area contributed by atoms with Crippen LogP contribution in [0.1, 0.15) is 17.3 Å². The van der Waals surface area contributed by atoms with Crippen molar-refractivity contribution in [1.29, 1.82) is 0 Å². The van der Waals surface area contributed by atoms with Crippen molar-refractivity contribution >= 4 is 12.4 Å². The summed E-state index contributed by atoms with van der Waals surface area (Å²) in [7, 11) is 0. The summed E-state index contributed by atoms with van der Waals surface area (Å²) >= 11 is 0. The zero-order chi connectivity index (χ0) is 10.4. The molecule has 1 aromatic rings. The highest BCUT2D eigenvalue weighted by molar-refractivity contribution is 5.89. The summed E-state index contributed by atoms with van der Waals surface area (Å²) in [6.45, 7) is 1.58. The smallest absolute Gasteiger partial charge is 0.340 e. The number of esters is 1. The third-order valence-corrected chi connectivity index (χ3v) is 1.60. The molecule has 4 heteroatoms. The Morgan fingerprint density at radius 1 is 1.43 bits per heavy atom. The summed E-state index contributed by atoms with van der Waals surface area (Å²) < 4.78 is 4.90. The van der Waals surface area contributed by atoms with E-state index in [0.717, 1.165) is 0 Å². The van der Waals surface area contributed by atoms with Crippen molar-refractivity contribution in [2.45, 2.75) is 13.2 Å². The molecule has 1 rings (SSSR count). The fraction of sp³-hybridized carbons (Fsp3) is 0.200. The first-order chi connectivity index (χ1) is 6.74.